The molecule has 0 radical (unpaired) electrons. The second kappa shape index (κ2) is 5.79. The summed E-state index contributed by atoms with van der Waals surface area (Å²) in [4.78, 5) is 16.6. The van der Waals surface area contributed by atoms with Crippen LogP contribution in [0.2, 0.25) is 5.02 Å². The number of aliphatic carboxylic acids is 1. The molecule has 1 aliphatic rings. The molecule has 0 spiro atoms. The number of nitrogens with zero attached hydrogens (tertiary/aromatic N) is 1. The molecule has 0 amide bonds. The second-order valence-corrected chi connectivity index (χ2v) is 5.50. The minimum absolute atomic E-state index is 0.00803. The molecule has 0 saturated heterocycles. The SMILES string of the molecule is CC1(O/N=C(\C(=O)O)c2c(F)cccc2Cl)CCCC1. The largest absolute Gasteiger partial charge is 0.476 e. The molecular formula is C14H15ClFNO3. The first-order valence-electron chi connectivity index (χ1n) is 6.37. The Balaban J connectivity index is 2.34. The van der Waals surface area contributed by atoms with Gasteiger partial charge >= 0.3 is 5.97 Å². The summed E-state index contributed by atoms with van der Waals surface area (Å²) in [5.41, 5.74) is -1.25. The zero-order valence-electron chi connectivity index (χ0n) is 11.0. The third-order valence-electron chi connectivity index (χ3n) is 3.42. The molecule has 1 fully saturated rings. The maximum absolute atomic E-state index is 13.8. The van der Waals surface area contributed by atoms with Gasteiger partial charge in [-0.3, -0.25) is 0 Å². The molecule has 0 atom stereocenters. The van der Waals surface area contributed by atoms with E-state index in [-0.39, 0.29) is 10.6 Å². The number of hydrogen-bond donors (Lipinski definition) is 1. The predicted molar refractivity (Wildman–Crippen MR) is 73.5 cm³/mol. The van der Waals surface area contributed by atoms with Crippen molar-refractivity contribution in [1.82, 2.24) is 0 Å². The molecule has 6 heteroatoms. The second-order valence-electron chi connectivity index (χ2n) is 5.09. The van der Waals surface area contributed by atoms with Gasteiger partial charge in [0.25, 0.3) is 0 Å². The van der Waals surface area contributed by atoms with Gasteiger partial charge in [0, 0.05) is 0 Å². The van der Waals surface area contributed by atoms with E-state index < -0.39 is 23.1 Å². The smallest absolute Gasteiger partial charge is 0.358 e. The maximum Gasteiger partial charge on any atom is 0.358 e. The van der Waals surface area contributed by atoms with Crippen molar-refractivity contribution < 1.29 is 19.1 Å². The van der Waals surface area contributed by atoms with Crippen LogP contribution >= 0.6 is 11.6 Å². The van der Waals surface area contributed by atoms with Gasteiger partial charge in [0.15, 0.2) is 5.71 Å². The van der Waals surface area contributed by atoms with Crippen LogP contribution in [0.5, 0.6) is 0 Å². The van der Waals surface area contributed by atoms with Crippen LogP contribution in [0.1, 0.15) is 38.2 Å². The lowest BCUT2D eigenvalue weighted by Crippen LogP contribution is -2.25. The van der Waals surface area contributed by atoms with Gasteiger partial charge < -0.3 is 9.94 Å². The number of benzene rings is 1. The Labute approximate surface area is 121 Å². The number of halogens is 2. The van der Waals surface area contributed by atoms with Crippen LogP contribution in [0.15, 0.2) is 23.4 Å². The number of carboxylic acids is 1. The molecule has 0 bridgehead atoms. The lowest BCUT2D eigenvalue weighted by atomic mass is 10.1. The van der Waals surface area contributed by atoms with Crippen LogP contribution in [-0.2, 0) is 9.63 Å². The molecule has 0 aliphatic heterocycles. The van der Waals surface area contributed by atoms with E-state index in [9.17, 15) is 14.3 Å². The Morgan fingerprint density at radius 2 is 2.10 bits per heavy atom. The number of carboxylic acid groups (broad SMARTS) is 1. The molecular weight excluding hydrogens is 285 g/mol. The lowest BCUT2D eigenvalue weighted by Gasteiger charge is -2.21. The zero-order chi connectivity index (χ0) is 14.8. The van der Waals surface area contributed by atoms with E-state index in [4.69, 9.17) is 16.4 Å². The highest BCUT2D eigenvalue weighted by Crippen LogP contribution is 2.33. The first-order chi connectivity index (χ1) is 9.43. The fourth-order valence-corrected chi connectivity index (χ4v) is 2.54. The molecule has 108 valence electrons. The van der Waals surface area contributed by atoms with E-state index in [1.807, 2.05) is 6.92 Å². The van der Waals surface area contributed by atoms with Gasteiger partial charge in [0.2, 0.25) is 0 Å². The Kier molecular flexibility index (Phi) is 4.28. The third kappa shape index (κ3) is 3.10. The number of hydrogen-bond acceptors (Lipinski definition) is 3. The van der Waals surface area contributed by atoms with Gasteiger partial charge in [-0.25, -0.2) is 9.18 Å². The fraction of sp³-hybridized carbons (Fsp3) is 0.429. The van der Waals surface area contributed by atoms with Crippen molar-refractivity contribution in [2.45, 2.75) is 38.2 Å². The van der Waals surface area contributed by atoms with Crippen molar-refractivity contribution in [3.05, 3.63) is 34.6 Å². The highest BCUT2D eigenvalue weighted by atomic mass is 35.5. The maximum atomic E-state index is 13.8. The Bertz CT molecular complexity index is 533. The van der Waals surface area contributed by atoms with Gasteiger partial charge in [0.05, 0.1) is 10.6 Å². The molecule has 1 aromatic carbocycles. The Morgan fingerprint density at radius 3 is 2.65 bits per heavy atom. The molecule has 0 unspecified atom stereocenters. The predicted octanol–water partition coefficient (Wildman–Crippen LogP) is 3.62. The fourth-order valence-electron chi connectivity index (χ4n) is 2.29. The third-order valence-corrected chi connectivity index (χ3v) is 3.74. The average molecular weight is 300 g/mol. The molecule has 2 rings (SSSR count). The quantitative estimate of drug-likeness (QED) is 0.682. The van der Waals surface area contributed by atoms with Crippen LogP contribution in [0.3, 0.4) is 0 Å². The molecule has 1 aromatic rings. The Hall–Kier alpha value is -1.62. The van der Waals surface area contributed by atoms with E-state index in [2.05, 4.69) is 5.16 Å². The van der Waals surface area contributed by atoms with Crippen molar-refractivity contribution in [3.8, 4) is 0 Å². The van der Waals surface area contributed by atoms with Crippen molar-refractivity contribution in [2.24, 2.45) is 5.16 Å². The molecule has 4 nitrogen and oxygen atoms in total. The summed E-state index contributed by atoms with van der Waals surface area (Å²) in [5.74, 6) is -2.11. The first-order valence-corrected chi connectivity index (χ1v) is 6.75. The summed E-state index contributed by atoms with van der Waals surface area (Å²) in [5, 5.41) is 12.9. The normalized spacial score (nSPS) is 18.1. The summed E-state index contributed by atoms with van der Waals surface area (Å²) in [6.07, 6.45) is 3.62. The number of carbonyl (C=O) groups is 1. The highest BCUT2D eigenvalue weighted by Gasteiger charge is 2.32. The summed E-state index contributed by atoms with van der Waals surface area (Å²) in [6.45, 7) is 1.87. The average Bonchev–Trinajstić information content (AvgIpc) is 2.79. The summed E-state index contributed by atoms with van der Waals surface area (Å²) in [7, 11) is 0. The van der Waals surface area contributed by atoms with Gasteiger partial charge in [-0.15, -0.1) is 0 Å². The van der Waals surface area contributed by atoms with E-state index in [0.717, 1.165) is 31.7 Å². The van der Waals surface area contributed by atoms with E-state index in [1.54, 1.807) is 0 Å². The molecule has 1 aliphatic carbocycles. The Morgan fingerprint density at radius 1 is 1.45 bits per heavy atom. The van der Waals surface area contributed by atoms with Crippen LogP contribution in [-0.4, -0.2) is 22.4 Å². The van der Waals surface area contributed by atoms with E-state index in [1.165, 1.54) is 12.1 Å². The highest BCUT2D eigenvalue weighted by molar-refractivity contribution is 6.46. The zero-order valence-corrected chi connectivity index (χ0v) is 11.8. The van der Waals surface area contributed by atoms with Crippen molar-refractivity contribution in [2.75, 3.05) is 0 Å². The van der Waals surface area contributed by atoms with Crippen molar-refractivity contribution >= 4 is 23.3 Å². The molecule has 1 saturated carbocycles. The van der Waals surface area contributed by atoms with Crippen molar-refractivity contribution in [1.29, 1.82) is 0 Å². The van der Waals surface area contributed by atoms with E-state index in [0.29, 0.717) is 0 Å². The molecule has 0 aromatic heterocycles. The van der Waals surface area contributed by atoms with Crippen LogP contribution in [0.4, 0.5) is 4.39 Å². The molecule has 0 heterocycles. The standard InChI is InChI=1S/C14H15ClFNO3/c1-14(7-2-3-8-14)20-17-12(13(18)19)11-9(15)5-4-6-10(11)16/h4-6H,2-3,7-8H2,1H3,(H,18,19)/b17-12-. The van der Waals surface area contributed by atoms with Gasteiger partial charge in [-0.1, -0.05) is 22.8 Å². The number of oxime groups is 1. The molecule has 1 N–H and O–H groups in total. The topological polar surface area (TPSA) is 58.9 Å². The van der Waals surface area contributed by atoms with Gasteiger partial charge in [0.1, 0.15) is 11.4 Å². The van der Waals surface area contributed by atoms with Crippen LogP contribution < -0.4 is 0 Å². The van der Waals surface area contributed by atoms with Gasteiger partial charge in [-0.2, -0.15) is 0 Å². The minimum Gasteiger partial charge on any atom is -0.476 e. The number of rotatable bonds is 4. The van der Waals surface area contributed by atoms with Crippen LogP contribution in [0.25, 0.3) is 0 Å². The first kappa shape index (κ1) is 14.8. The summed E-state index contributed by atoms with van der Waals surface area (Å²) in [6, 6.07) is 3.95. The van der Waals surface area contributed by atoms with Crippen molar-refractivity contribution in [3.63, 3.8) is 0 Å². The van der Waals surface area contributed by atoms with Gasteiger partial charge in [-0.05, 0) is 44.7 Å². The van der Waals surface area contributed by atoms with Crippen LogP contribution in [0, 0.1) is 5.82 Å². The molecule has 20 heavy (non-hydrogen) atoms. The summed E-state index contributed by atoms with van der Waals surface area (Å²) >= 11 is 5.86. The monoisotopic (exact) mass is 299 g/mol. The lowest BCUT2D eigenvalue weighted by molar-refractivity contribution is -0.129. The minimum atomic E-state index is -1.38. The summed E-state index contributed by atoms with van der Waals surface area (Å²) < 4.78 is 13.8. The van der Waals surface area contributed by atoms with E-state index >= 15 is 0 Å².